The first kappa shape index (κ1) is 19.3. The van der Waals surface area contributed by atoms with Gasteiger partial charge in [-0.1, -0.05) is 37.1 Å². The summed E-state index contributed by atoms with van der Waals surface area (Å²) < 4.78 is 0. The van der Waals surface area contributed by atoms with Crippen LogP contribution in [-0.2, 0) is 13.0 Å². The van der Waals surface area contributed by atoms with Crippen molar-refractivity contribution in [3.8, 4) is 0 Å². The maximum atomic E-state index is 13.2. The molecule has 0 spiro atoms. The summed E-state index contributed by atoms with van der Waals surface area (Å²) in [7, 11) is 0. The van der Waals surface area contributed by atoms with Gasteiger partial charge in [0.2, 0.25) is 0 Å². The minimum Gasteiger partial charge on any atom is -0.335 e. The smallest absolute Gasteiger partial charge is 0.254 e. The van der Waals surface area contributed by atoms with Crippen molar-refractivity contribution >= 4 is 11.8 Å². The zero-order valence-electron chi connectivity index (χ0n) is 17.6. The second-order valence-corrected chi connectivity index (χ2v) is 9.08. The highest BCUT2D eigenvalue weighted by Gasteiger charge is 2.36. The molecule has 1 aliphatic carbocycles. The molecule has 1 saturated carbocycles. The van der Waals surface area contributed by atoms with Crippen LogP contribution in [0, 0.1) is 5.92 Å². The number of hydrogen-bond donors (Lipinski definition) is 0. The Balaban J connectivity index is 1.28. The van der Waals surface area contributed by atoms with Crippen molar-refractivity contribution in [2.75, 3.05) is 13.1 Å². The minimum atomic E-state index is 0.0498. The Kier molecular flexibility index (Phi) is 5.32. The molecule has 0 radical (unpaired) electrons. The molecule has 3 aliphatic rings. The van der Waals surface area contributed by atoms with E-state index in [4.69, 9.17) is 0 Å². The van der Waals surface area contributed by atoms with Crippen LogP contribution in [0.15, 0.2) is 48.5 Å². The summed E-state index contributed by atoms with van der Waals surface area (Å²) in [6.07, 6.45) is 8.22. The summed E-state index contributed by atoms with van der Waals surface area (Å²) in [6.45, 7) is 2.27. The average molecular weight is 403 g/mol. The number of piperidine rings is 1. The van der Waals surface area contributed by atoms with Crippen molar-refractivity contribution in [3.63, 3.8) is 0 Å². The number of benzene rings is 2. The number of fused-ring (bicyclic) bond motifs is 2. The molecule has 156 valence electrons. The van der Waals surface area contributed by atoms with E-state index in [1.807, 2.05) is 35.2 Å². The Morgan fingerprint density at radius 3 is 2.20 bits per heavy atom. The zero-order valence-corrected chi connectivity index (χ0v) is 17.6. The number of rotatable bonds is 2. The van der Waals surface area contributed by atoms with E-state index in [0.717, 1.165) is 32.4 Å². The van der Waals surface area contributed by atoms with Crippen LogP contribution in [-0.4, -0.2) is 40.7 Å². The van der Waals surface area contributed by atoms with Crippen molar-refractivity contribution in [3.05, 3.63) is 70.8 Å². The maximum Gasteiger partial charge on any atom is 0.254 e. The molecule has 2 aromatic carbocycles. The summed E-state index contributed by atoms with van der Waals surface area (Å²) in [6, 6.07) is 16.1. The fraction of sp³-hybridized carbons (Fsp3) is 0.462. The van der Waals surface area contributed by atoms with Crippen LogP contribution in [0.1, 0.15) is 70.4 Å². The lowest BCUT2D eigenvalue weighted by atomic mass is 9.78. The third-order valence-corrected chi connectivity index (χ3v) is 7.30. The highest BCUT2D eigenvalue weighted by molar-refractivity contribution is 5.98. The van der Waals surface area contributed by atoms with E-state index in [-0.39, 0.29) is 11.8 Å². The summed E-state index contributed by atoms with van der Waals surface area (Å²) in [5.74, 6) is 0.866. The summed E-state index contributed by atoms with van der Waals surface area (Å²) in [5, 5.41) is 0. The summed E-state index contributed by atoms with van der Waals surface area (Å²) in [4.78, 5) is 30.2. The molecule has 1 saturated heterocycles. The second kappa shape index (κ2) is 8.25. The quantitative estimate of drug-likeness (QED) is 0.732. The van der Waals surface area contributed by atoms with E-state index < -0.39 is 0 Å². The SMILES string of the molecule is O=C(c1ccc(C(=O)N2CCC[C@H]3CCCC[C@@H]32)cc1)N1CCc2ccccc2C1. The van der Waals surface area contributed by atoms with Crippen molar-refractivity contribution in [1.82, 2.24) is 9.80 Å². The first-order valence-corrected chi connectivity index (χ1v) is 11.5. The van der Waals surface area contributed by atoms with Crippen molar-refractivity contribution in [2.24, 2.45) is 5.92 Å². The topological polar surface area (TPSA) is 40.6 Å². The van der Waals surface area contributed by atoms with Gasteiger partial charge in [-0.3, -0.25) is 9.59 Å². The Morgan fingerprint density at radius 1 is 0.733 bits per heavy atom. The summed E-state index contributed by atoms with van der Waals surface area (Å²) >= 11 is 0. The molecule has 2 aromatic rings. The molecule has 5 rings (SSSR count). The zero-order chi connectivity index (χ0) is 20.5. The Hall–Kier alpha value is -2.62. The maximum absolute atomic E-state index is 13.2. The molecule has 2 aliphatic heterocycles. The standard InChI is InChI=1S/C26H30N2O2/c29-25(27-17-15-19-6-1-2-8-23(19)18-27)21-11-13-22(14-12-21)26(30)28-16-5-9-20-7-3-4-10-24(20)28/h1-2,6,8,11-14,20,24H,3-5,7,9-10,15-18H2/t20-,24+/m1/s1. The molecule has 0 unspecified atom stereocenters. The van der Waals surface area contributed by atoms with Crippen LogP contribution in [0.3, 0.4) is 0 Å². The van der Waals surface area contributed by atoms with E-state index in [0.29, 0.717) is 29.6 Å². The van der Waals surface area contributed by atoms with E-state index >= 15 is 0 Å². The van der Waals surface area contributed by atoms with Gasteiger partial charge in [0.15, 0.2) is 0 Å². The van der Waals surface area contributed by atoms with Gasteiger partial charge in [0, 0.05) is 36.8 Å². The molecule has 0 aromatic heterocycles. The molecule has 0 N–H and O–H groups in total. The number of carbonyl (C=O) groups excluding carboxylic acids is 2. The third-order valence-electron chi connectivity index (χ3n) is 7.30. The van der Waals surface area contributed by atoms with Gasteiger partial charge in [-0.25, -0.2) is 0 Å². The number of amides is 2. The van der Waals surface area contributed by atoms with E-state index in [9.17, 15) is 9.59 Å². The lowest BCUT2D eigenvalue weighted by Gasteiger charge is -2.44. The molecule has 2 amide bonds. The van der Waals surface area contributed by atoms with Gasteiger partial charge in [0.05, 0.1) is 0 Å². The number of hydrogen-bond acceptors (Lipinski definition) is 2. The minimum absolute atomic E-state index is 0.0498. The normalized spacial score (nSPS) is 23.5. The van der Waals surface area contributed by atoms with Crippen LogP contribution in [0.25, 0.3) is 0 Å². The van der Waals surface area contributed by atoms with Gasteiger partial charge in [-0.15, -0.1) is 0 Å². The monoisotopic (exact) mass is 402 g/mol. The Bertz CT molecular complexity index is 934. The Morgan fingerprint density at radius 2 is 1.40 bits per heavy atom. The predicted molar refractivity (Wildman–Crippen MR) is 117 cm³/mol. The van der Waals surface area contributed by atoms with Crippen LogP contribution in [0.5, 0.6) is 0 Å². The van der Waals surface area contributed by atoms with Gasteiger partial charge in [-0.05, 0) is 73.4 Å². The fourth-order valence-electron chi connectivity index (χ4n) is 5.65. The lowest BCUT2D eigenvalue weighted by molar-refractivity contribution is 0.0390. The van der Waals surface area contributed by atoms with Gasteiger partial charge >= 0.3 is 0 Å². The summed E-state index contributed by atoms with van der Waals surface area (Å²) in [5.41, 5.74) is 3.95. The van der Waals surface area contributed by atoms with Crippen LogP contribution >= 0.6 is 0 Å². The molecular formula is C26H30N2O2. The van der Waals surface area contributed by atoms with Crippen molar-refractivity contribution in [1.29, 1.82) is 0 Å². The molecule has 0 bridgehead atoms. The van der Waals surface area contributed by atoms with Gasteiger partial charge < -0.3 is 9.80 Å². The molecule has 2 heterocycles. The van der Waals surface area contributed by atoms with E-state index in [1.54, 1.807) is 0 Å². The molecule has 4 heteroatoms. The second-order valence-electron chi connectivity index (χ2n) is 9.08. The molecule has 30 heavy (non-hydrogen) atoms. The van der Waals surface area contributed by atoms with Crippen molar-refractivity contribution in [2.45, 2.75) is 57.5 Å². The molecule has 2 atom stereocenters. The first-order valence-electron chi connectivity index (χ1n) is 11.5. The third kappa shape index (κ3) is 3.64. The molecule has 2 fully saturated rings. The van der Waals surface area contributed by atoms with E-state index in [1.165, 1.54) is 36.8 Å². The first-order chi connectivity index (χ1) is 14.7. The van der Waals surface area contributed by atoms with Crippen LogP contribution in [0.4, 0.5) is 0 Å². The van der Waals surface area contributed by atoms with Crippen molar-refractivity contribution < 1.29 is 9.59 Å². The number of carbonyl (C=O) groups is 2. The van der Waals surface area contributed by atoms with Crippen LogP contribution in [0.2, 0.25) is 0 Å². The fourth-order valence-corrected chi connectivity index (χ4v) is 5.65. The lowest BCUT2D eigenvalue weighted by Crippen LogP contribution is -2.49. The highest BCUT2D eigenvalue weighted by atomic mass is 16.2. The number of nitrogens with zero attached hydrogens (tertiary/aromatic N) is 2. The van der Waals surface area contributed by atoms with Gasteiger partial charge in [-0.2, -0.15) is 0 Å². The predicted octanol–water partition coefficient (Wildman–Crippen LogP) is 4.68. The van der Waals surface area contributed by atoms with Gasteiger partial charge in [0.25, 0.3) is 11.8 Å². The molecule has 4 nitrogen and oxygen atoms in total. The van der Waals surface area contributed by atoms with Gasteiger partial charge in [0.1, 0.15) is 0 Å². The molecular weight excluding hydrogens is 372 g/mol. The highest BCUT2D eigenvalue weighted by Crippen LogP contribution is 2.36. The largest absolute Gasteiger partial charge is 0.335 e. The van der Waals surface area contributed by atoms with Crippen LogP contribution < -0.4 is 0 Å². The Labute approximate surface area is 178 Å². The number of likely N-dealkylation sites (tertiary alicyclic amines) is 1. The average Bonchev–Trinajstić information content (AvgIpc) is 2.82. The van der Waals surface area contributed by atoms with E-state index in [2.05, 4.69) is 23.1 Å².